The van der Waals surface area contributed by atoms with Gasteiger partial charge in [0.05, 0.1) is 5.75 Å². The number of likely N-dealkylation sites (N-methyl/N-ethyl adjacent to an activating group) is 1. The topological polar surface area (TPSA) is 49.4 Å². The highest BCUT2D eigenvalue weighted by molar-refractivity contribution is 7.91. The first-order valence-electron chi connectivity index (χ1n) is 6.16. The molecule has 0 aromatic heterocycles. The van der Waals surface area contributed by atoms with Gasteiger partial charge in [0.25, 0.3) is 0 Å². The average molecular weight is 248 g/mol. The second kappa shape index (κ2) is 6.57. The van der Waals surface area contributed by atoms with Crippen LogP contribution in [0, 0.1) is 0 Å². The minimum atomic E-state index is -2.78. The summed E-state index contributed by atoms with van der Waals surface area (Å²) in [4.78, 5) is 2.19. The molecule has 16 heavy (non-hydrogen) atoms. The summed E-state index contributed by atoms with van der Waals surface area (Å²) in [6.45, 7) is 4.59. The molecule has 1 N–H and O–H groups in total. The van der Waals surface area contributed by atoms with Crippen LogP contribution >= 0.6 is 0 Å². The maximum absolute atomic E-state index is 11.3. The number of hydrogen-bond donors (Lipinski definition) is 1. The number of sulfone groups is 1. The van der Waals surface area contributed by atoms with Crippen LogP contribution < -0.4 is 5.32 Å². The molecule has 0 amide bonds. The molecule has 0 aliphatic heterocycles. The predicted molar refractivity (Wildman–Crippen MR) is 67.5 cm³/mol. The van der Waals surface area contributed by atoms with Gasteiger partial charge in [-0.2, -0.15) is 0 Å². The van der Waals surface area contributed by atoms with Gasteiger partial charge >= 0.3 is 0 Å². The van der Waals surface area contributed by atoms with Gasteiger partial charge < -0.3 is 10.2 Å². The molecular weight excluding hydrogens is 224 g/mol. The van der Waals surface area contributed by atoms with E-state index in [1.54, 1.807) is 6.92 Å². The van der Waals surface area contributed by atoms with Gasteiger partial charge in [-0.15, -0.1) is 0 Å². The quantitative estimate of drug-likeness (QED) is 0.645. The fourth-order valence-electron chi connectivity index (χ4n) is 1.56. The molecule has 1 saturated carbocycles. The zero-order chi connectivity index (χ0) is 12.0. The van der Waals surface area contributed by atoms with E-state index in [1.807, 2.05) is 7.05 Å². The van der Waals surface area contributed by atoms with Gasteiger partial charge in [0.1, 0.15) is 9.84 Å². The van der Waals surface area contributed by atoms with Crippen LogP contribution in [0.15, 0.2) is 0 Å². The maximum atomic E-state index is 11.3. The third kappa shape index (κ3) is 6.45. The predicted octanol–water partition coefficient (Wildman–Crippen LogP) is 0.495. The van der Waals surface area contributed by atoms with Crippen molar-refractivity contribution in [2.45, 2.75) is 32.2 Å². The van der Waals surface area contributed by atoms with Gasteiger partial charge in [-0.3, -0.25) is 0 Å². The van der Waals surface area contributed by atoms with Crippen LogP contribution in [0.2, 0.25) is 0 Å². The lowest BCUT2D eigenvalue weighted by Crippen LogP contribution is -2.31. The van der Waals surface area contributed by atoms with Crippen LogP contribution in [0.25, 0.3) is 0 Å². The number of nitrogens with zero attached hydrogens (tertiary/aromatic N) is 1. The molecule has 96 valence electrons. The molecule has 0 aromatic carbocycles. The molecule has 1 aliphatic rings. The van der Waals surface area contributed by atoms with Crippen molar-refractivity contribution in [3.63, 3.8) is 0 Å². The molecule has 1 rings (SSSR count). The largest absolute Gasteiger partial charge is 0.313 e. The molecular formula is C11H24N2O2S. The summed E-state index contributed by atoms with van der Waals surface area (Å²) in [7, 11) is -0.733. The zero-order valence-corrected chi connectivity index (χ0v) is 11.2. The van der Waals surface area contributed by atoms with Gasteiger partial charge in [0.2, 0.25) is 0 Å². The van der Waals surface area contributed by atoms with Crippen molar-refractivity contribution < 1.29 is 8.42 Å². The normalized spacial score (nSPS) is 16.9. The first-order valence-corrected chi connectivity index (χ1v) is 7.98. The van der Waals surface area contributed by atoms with E-state index < -0.39 is 9.84 Å². The second-order valence-electron chi connectivity index (χ2n) is 4.62. The molecule has 1 aliphatic carbocycles. The molecule has 0 saturated heterocycles. The lowest BCUT2D eigenvalue weighted by atomic mass is 10.4. The molecule has 1 fully saturated rings. The molecule has 0 aromatic rings. The Labute approximate surface area is 99.3 Å². The van der Waals surface area contributed by atoms with Crippen molar-refractivity contribution in [1.29, 1.82) is 0 Å². The average Bonchev–Trinajstić information content (AvgIpc) is 3.01. The smallest absolute Gasteiger partial charge is 0.150 e. The molecule has 0 unspecified atom stereocenters. The molecule has 5 heteroatoms. The van der Waals surface area contributed by atoms with E-state index in [0.717, 1.165) is 32.1 Å². The van der Waals surface area contributed by atoms with Crippen LogP contribution in [0.4, 0.5) is 0 Å². The monoisotopic (exact) mass is 248 g/mol. The van der Waals surface area contributed by atoms with Gasteiger partial charge in [-0.05, 0) is 32.9 Å². The standard InChI is InChI=1S/C11H24N2O2S/c1-3-16(14,15)10-4-8-13(2)9-7-12-11-5-6-11/h11-12H,3-10H2,1-2H3. The third-order valence-electron chi connectivity index (χ3n) is 2.94. The van der Waals surface area contributed by atoms with Crippen molar-refractivity contribution >= 4 is 9.84 Å². The SMILES string of the molecule is CCS(=O)(=O)CCCN(C)CCNC1CC1. The van der Waals surface area contributed by atoms with Gasteiger partial charge in [-0.25, -0.2) is 8.42 Å². The molecule has 0 radical (unpaired) electrons. The summed E-state index contributed by atoms with van der Waals surface area (Å²) in [6.07, 6.45) is 3.38. The Morgan fingerprint density at radius 3 is 2.56 bits per heavy atom. The highest BCUT2D eigenvalue weighted by Crippen LogP contribution is 2.17. The van der Waals surface area contributed by atoms with Gasteiger partial charge in [0, 0.05) is 24.9 Å². The highest BCUT2D eigenvalue weighted by atomic mass is 32.2. The molecule has 0 bridgehead atoms. The minimum Gasteiger partial charge on any atom is -0.313 e. The van der Waals surface area contributed by atoms with Crippen molar-refractivity contribution in [1.82, 2.24) is 10.2 Å². The number of hydrogen-bond acceptors (Lipinski definition) is 4. The van der Waals surface area contributed by atoms with E-state index in [2.05, 4.69) is 10.2 Å². The first-order chi connectivity index (χ1) is 7.53. The summed E-state index contributed by atoms with van der Waals surface area (Å²) in [5, 5.41) is 3.45. The summed E-state index contributed by atoms with van der Waals surface area (Å²) in [5.74, 6) is 0.587. The van der Waals surface area contributed by atoms with Crippen LogP contribution in [-0.4, -0.2) is 57.5 Å². The van der Waals surface area contributed by atoms with Gasteiger partial charge in [-0.1, -0.05) is 6.92 Å². The Balaban J connectivity index is 1.98. The van der Waals surface area contributed by atoms with E-state index in [1.165, 1.54) is 12.8 Å². The highest BCUT2D eigenvalue weighted by Gasteiger charge is 2.19. The van der Waals surface area contributed by atoms with Crippen LogP contribution in [-0.2, 0) is 9.84 Å². The van der Waals surface area contributed by atoms with E-state index in [0.29, 0.717) is 5.75 Å². The van der Waals surface area contributed by atoms with E-state index in [4.69, 9.17) is 0 Å². The lowest BCUT2D eigenvalue weighted by molar-refractivity contribution is 0.332. The molecule has 0 atom stereocenters. The van der Waals surface area contributed by atoms with Crippen molar-refractivity contribution in [2.75, 3.05) is 38.2 Å². The van der Waals surface area contributed by atoms with Crippen molar-refractivity contribution in [3.8, 4) is 0 Å². The second-order valence-corrected chi connectivity index (χ2v) is 7.09. The molecule has 0 heterocycles. The van der Waals surface area contributed by atoms with E-state index in [9.17, 15) is 8.42 Å². The zero-order valence-electron chi connectivity index (χ0n) is 10.4. The lowest BCUT2D eigenvalue weighted by Gasteiger charge is -2.16. The van der Waals surface area contributed by atoms with Crippen molar-refractivity contribution in [3.05, 3.63) is 0 Å². The number of rotatable bonds is 9. The Hall–Kier alpha value is -0.130. The Morgan fingerprint density at radius 2 is 2.00 bits per heavy atom. The Bertz CT molecular complexity index is 286. The first kappa shape index (κ1) is 13.9. The van der Waals surface area contributed by atoms with E-state index >= 15 is 0 Å². The molecule has 0 spiro atoms. The summed E-state index contributed by atoms with van der Waals surface area (Å²) in [6, 6.07) is 0.758. The van der Waals surface area contributed by atoms with Crippen LogP contribution in [0.3, 0.4) is 0 Å². The van der Waals surface area contributed by atoms with Crippen LogP contribution in [0.5, 0.6) is 0 Å². The fraction of sp³-hybridized carbons (Fsp3) is 1.00. The maximum Gasteiger partial charge on any atom is 0.150 e. The summed E-state index contributed by atoms with van der Waals surface area (Å²) < 4.78 is 22.5. The van der Waals surface area contributed by atoms with Crippen molar-refractivity contribution in [2.24, 2.45) is 0 Å². The summed E-state index contributed by atoms with van der Waals surface area (Å²) >= 11 is 0. The minimum absolute atomic E-state index is 0.264. The summed E-state index contributed by atoms with van der Waals surface area (Å²) in [5.41, 5.74) is 0. The molecule has 4 nitrogen and oxygen atoms in total. The number of nitrogens with one attached hydrogen (secondary N) is 1. The van der Waals surface area contributed by atoms with Crippen LogP contribution in [0.1, 0.15) is 26.2 Å². The fourth-order valence-corrected chi connectivity index (χ4v) is 2.42. The Kier molecular flexibility index (Phi) is 5.72. The van der Waals surface area contributed by atoms with E-state index in [-0.39, 0.29) is 5.75 Å². The van der Waals surface area contributed by atoms with Gasteiger partial charge in [0.15, 0.2) is 0 Å². The Morgan fingerprint density at radius 1 is 1.31 bits per heavy atom. The third-order valence-corrected chi connectivity index (χ3v) is 4.73.